The van der Waals surface area contributed by atoms with E-state index in [1.807, 2.05) is 25.1 Å². The molecule has 0 unspecified atom stereocenters. The molecule has 114 valence electrons. The molecule has 2 aromatic rings. The predicted octanol–water partition coefficient (Wildman–Crippen LogP) is 2.30. The van der Waals surface area contributed by atoms with Crippen molar-refractivity contribution in [3.63, 3.8) is 0 Å². The lowest BCUT2D eigenvalue weighted by atomic mass is 10.1. The minimum atomic E-state index is -3.18. The van der Waals surface area contributed by atoms with Crippen LogP contribution in [-0.2, 0) is 9.84 Å². The average Bonchev–Trinajstić information content (AvgIpc) is 3.05. The fourth-order valence-corrected chi connectivity index (χ4v) is 3.56. The number of hydrogen-bond acceptors (Lipinski definition) is 4. The molecule has 0 spiro atoms. The number of aryl methyl sites for hydroxylation is 1. The van der Waals surface area contributed by atoms with Crippen LogP contribution in [0.2, 0.25) is 0 Å². The highest BCUT2D eigenvalue weighted by atomic mass is 32.2. The number of carbonyl (C=O) groups excluding carboxylic acids is 1. The second-order valence-electron chi connectivity index (χ2n) is 5.23. The van der Waals surface area contributed by atoms with Crippen molar-refractivity contribution < 1.29 is 17.6 Å². The summed E-state index contributed by atoms with van der Waals surface area (Å²) in [6, 6.07) is 10.3. The molecule has 0 aliphatic carbocycles. The van der Waals surface area contributed by atoms with Crippen LogP contribution in [0.15, 0.2) is 52.3 Å². The maximum absolute atomic E-state index is 12.2. The molecule has 2 heterocycles. The first-order valence-corrected chi connectivity index (χ1v) is 8.53. The number of benzene rings is 1. The zero-order valence-corrected chi connectivity index (χ0v) is 12.8. The normalized spacial score (nSPS) is 19.2. The zero-order valence-electron chi connectivity index (χ0n) is 11.9. The number of rotatable bonds is 3. The van der Waals surface area contributed by atoms with E-state index >= 15 is 0 Å². The van der Waals surface area contributed by atoms with Gasteiger partial charge in [0.25, 0.3) is 5.91 Å². The van der Waals surface area contributed by atoms with Crippen molar-refractivity contribution in [3.8, 4) is 11.3 Å². The van der Waals surface area contributed by atoms with Gasteiger partial charge in [-0.3, -0.25) is 4.79 Å². The number of carbonyl (C=O) groups is 1. The Morgan fingerprint density at radius 3 is 2.73 bits per heavy atom. The molecule has 0 bridgehead atoms. The number of amides is 1. The van der Waals surface area contributed by atoms with Gasteiger partial charge in [-0.1, -0.05) is 12.1 Å². The maximum Gasteiger partial charge on any atom is 0.251 e. The molecule has 1 amide bonds. The Hall–Kier alpha value is -2.34. The number of furan rings is 1. The molecule has 0 fully saturated rings. The number of sulfone groups is 1. The SMILES string of the molecule is Cc1ccc(-c2cccc(C(=O)N[C@@H]3C=CS(=O)(=O)C3)c2)o1. The van der Waals surface area contributed by atoms with E-state index in [1.165, 1.54) is 6.08 Å². The van der Waals surface area contributed by atoms with Crippen molar-refractivity contribution in [3.05, 3.63) is 59.2 Å². The second-order valence-corrected chi connectivity index (χ2v) is 7.16. The monoisotopic (exact) mass is 317 g/mol. The van der Waals surface area contributed by atoms with Gasteiger partial charge < -0.3 is 9.73 Å². The Morgan fingerprint density at radius 1 is 1.27 bits per heavy atom. The minimum absolute atomic E-state index is 0.0875. The highest BCUT2D eigenvalue weighted by Crippen LogP contribution is 2.23. The molecule has 1 aliphatic rings. The summed E-state index contributed by atoms with van der Waals surface area (Å²) in [5, 5.41) is 3.84. The van der Waals surface area contributed by atoms with Crippen molar-refractivity contribution >= 4 is 15.7 Å². The van der Waals surface area contributed by atoms with Crippen LogP contribution in [0.3, 0.4) is 0 Å². The number of nitrogens with one attached hydrogen (secondary N) is 1. The summed E-state index contributed by atoms with van der Waals surface area (Å²) in [6.45, 7) is 1.85. The molecule has 6 heteroatoms. The molecular weight excluding hydrogens is 302 g/mol. The molecule has 1 atom stereocenters. The molecule has 1 aromatic heterocycles. The third-order valence-electron chi connectivity index (χ3n) is 3.40. The highest BCUT2D eigenvalue weighted by molar-refractivity contribution is 7.94. The van der Waals surface area contributed by atoms with Crippen molar-refractivity contribution in [2.24, 2.45) is 0 Å². The second kappa shape index (κ2) is 5.46. The zero-order chi connectivity index (χ0) is 15.7. The van der Waals surface area contributed by atoms with E-state index in [9.17, 15) is 13.2 Å². The fraction of sp³-hybridized carbons (Fsp3) is 0.188. The van der Waals surface area contributed by atoms with Gasteiger partial charge in [0.15, 0.2) is 9.84 Å². The van der Waals surface area contributed by atoms with Gasteiger partial charge >= 0.3 is 0 Å². The van der Waals surface area contributed by atoms with Crippen LogP contribution in [0.25, 0.3) is 11.3 Å². The van der Waals surface area contributed by atoms with Gasteiger partial charge in [0.05, 0.1) is 11.8 Å². The summed E-state index contributed by atoms with van der Waals surface area (Å²) in [5.41, 5.74) is 1.26. The smallest absolute Gasteiger partial charge is 0.251 e. The maximum atomic E-state index is 12.2. The quantitative estimate of drug-likeness (QED) is 0.942. The van der Waals surface area contributed by atoms with E-state index in [1.54, 1.807) is 18.2 Å². The van der Waals surface area contributed by atoms with Gasteiger partial charge in [-0.25, -0.2) is 8.42 Å². The molecule has 22 heavy (non-hydrogen) atoms. The van der Waals surface area contributed by atoms with Gasteiger partial charge in [-0.05, 0) is 37.3 Å². The van der Waals surface area contributed by atoms with Gasteiger partial charge in [-0.15, -0.1) is 0 Å². The number of hydrogen-bond donors (Lipinski definition) is 1. The summed E-state index contributed by atoms with van der Waals surface area (Å²) >= 11 is 0. The molecule has 0 saturated heterocycles. The molecule has 0 saturated carbocycles. The third-order valence-corrected chi connectivity index (χ3v) is 4.79. The lowest BCUT2D eigenvalue weighted by Gasteiger charge is -2.10. The molecule has 0 radical (unpaired) electrons. The standard InChI is InChI=1S/C16H15NO4S/c1-11-5-6-15(21-11)12-3-2-4-13(9-12)16(18)17-14-7-8-22(19,20)10-14/h2-9,14H,10H2,1H3,(H,17,18)/t14-/m1/s1. The minimum Gasteiger partial charge on any atom is -0.461 e. The van der Waals surface area contributed by atoms with E-state index in [2.05, 4.69) is 5.32 Å². The lowest BCUT2D eigenvalue weighted by Crippen LogP contribution is -2.35. The first-order chi connectivity index (χ1) is 10.4. The van der Waals surface area contributed by atoms with E-state index in [4.69, 9.17) is 4.42 Å². The van der Waals surface area contributed by atoms with E-state index in [0.29, 0.717) is 11.3 Å². The molecular formula is C16H15NO4S. The van der Waals surface area contributed by atoms with Crippen molar-refractivity contribution in [2.75, 3.05) is 5.75 Å². The Morgan fingerprint density at radius 2 is 2.09 bits per heavy atom. The van der Waals surface area contributed by atoms with Crippen LogP contribution in [0.4, 0.5) is 0 Å². The van der Waals surface area contributed by atoms with E-state index in [0.717, 1.165) is 16.7 Å². The fourth-order valence-electron chi connectivity index (χ4n) is 2.32. The molecule has 5 nitrogen and oxygen atoms in total. The first kappa shape index (κ1) is 14.6. The lowest BCUT2D eigenvalue weighted by molar-refractivity contribution is 0.0947. The molecule has 1 aromatic carbocycles. The van der Waals surface area contributed by atoms with Crippen LogP contribution in [-0.4, -0.2) is 26.1 Å². The average molecular weight is 317 g/mol. The summed E-state index contributed by atoms with van der Waals surface area (Å²) in [6.07, 6.45) is 1.49. The van der Waals surface area contributed by atoms with E-state index in [-0.39, 0.29) is 11.7 Å². The molecule has 3 rings (SSSR count). The van der Waals surface area contributed by atoms with Crippen LogP contribution in [0.5, 0.6) is 0 Å². The van der Waals surface area contributed by atoms with Crippen molar-refractivity contribution in [2.45, 2.75) is 13.0 Å². The van der Waals surface area contributed by atoms with Gasteiger partial charge in [0.1, 0.15) is 11.5 Å². The molecule has 1 aliphatic heterocycles. The van der Waals surface area contributed by atoms with Crippen LogP contribution in [0.1, 0.15) is 16.1 Å². The predicted molar refractivity (Wildman–Crippen MR) is 83.1 cm³/mol. The first-order valence-electron chi connectivity index (χ1n) is 6.82. The van der Waals surface area contributed by atoms with Crippen molar-refractivity contribution in [1.29, 1.82) is 0 Å². The Balaban J connectivity index is 1.78. The van der Waals surface area contributed by atoms with Gasteiger partial charge in [-0.2, -0.15) is 0 Å². The van der Waals surface area contributed by atoms with Gasteiger partial charge in [0.2, 0.25) is 0 Å². The third kappa shape index (κ3) is 3.12. The van der Waals surface area contributed by atoms with E-state index < -0.39 is 15.9 Å². The Kier molecular flexibility index (Phi) is 3.62. The summed E-state index contributed by atoms with van der Waals surface area (Å²) < 4.78 is 28.2. The van der Waals surface area contributed by atoms with Gasteiger partial charge in [0, 0.05) is 16.5 Å². The van der Waals surface area contributed by atoms with Crippen LogP contribution >= 0.6 is 0 Å². The summed E-state index contributed by atoms with van der Waals surface area (Å²) in [7, 11) is -3.18. The summed E-state index contributed by atoms with van der Waals surface area (Å²) in [5.74, 6) is 1.09. The van der Waals surface area contributed by atoms with Crippen LogP contribution < -0.4 is 5.32 Å². The van der Waals surface area contributed by atoms with Crippen LogP contribution in [0, 0.1) is 6.92 Å². The topological polar surface area (TPSA) is 76.4 Å². The van der Waals surface area contributed by atoms with Crippen molar-refractivity contribution in [1.82, 2.24) is 5.32 Å². The summed E-state index contributed by atoms with van der Waals surface area (Å²) in [4.78, 5) is 12.2. The largest absolute Gasteiger partial charge is 0.461 e. The Labute approximate surface area is 128 Å². The molecule has 1 N–H and O–H groups in total. The highest BCUT2D eigenvalue weighted by Gasteiger charge is 2.23. The Bertz CT molecular complexity index is 849.